The first-order chi connectivity index (χ1) is 10.5. The summed E-state index contributed by atoms with van der Waals surface area (Å²) in [5, 5.41) is 14.7. The molecular weight excluding hydrogens is 384 g/mol. The first kappa shape index (κ1) is 17.2. The molecule has 0 unspecified atom stereocenters. The van der Waals surface area contributed by atoms with E-state index in [4.69, 9.17) is 0 Å². The van der Waals surface area contributed by atoms with Crippen LogP contribution in [-0.4, -0.2) is 27.9 Å². The Labute approximate surface area is 146 Å². The fourth-order valence-corrected chi connectivity index (χ4v) is 4.20. The number of aryl methyl sites for hydroxylation is 1. The van der Waals surface area contributed by atoms with Crippen molar-refractivity contribution < 1.29 is 4.79 Å². The number of anilines is 2. The van der Waals surface area contributed by atoms with Crippen molar-refractivity contribution >= 4 is 55.8 Å². The fourth-order valence-electron chi connectivity index (χ4n) is 1.64. The number of rotatable bonds is 6. The number of carbonyl (C=O) groups excluding carboxylic acids is 1. The zero-order chi connectivity index (χ0) is 16.1. The third-order valence-corrected chi connectivity index (χ3v) is 5.49. The fraction of sp³-hybridized carbons (Fsp3) is 0.357. The lowest BCUT2D eigenvalue weighted by Crippen LogP contribution is -2.22. The number of nitrogens with one attached hydrogen (secondary N) is 2. The van der Waals surface area contributed by atoms with E-state index in [1.165, 1.54) is 23.1 Å². The lowest BCUT2D eigenvalue weighted by atomic mass is 10.2. The first-order valence-corrected chi connectivity index (χ1v) is 9.29. The molecule has 2 aromatic rings. The second kappa shape index (κ2) is 7.94. The van der Waals surface area contributed by atoms with Crippen molar-refractivity contribution in [3.8, 4) is 0 Å². The topological polar surface area (TPSA) is 66.9 Å². The maximum Gasteiger partial charge on any atom is 0.237 e. The van der Waals surface area contributed by atoms with Crippen LogP contribution in [0.1, 0.15) is 19.4 Å². The van der Waals surface area contributed by atoms with Gasteiger partial charge in [0, 0.05) is 11.0 Å². The van der Waals surface area contributed by atoms with Gasteiger partial charge in [-0.3, -0.25) is 4.79 Å². The Morgan fingerprint density at radius 1 is 1.45 bits per heavy atom. The Balaban J connectivity index is 1.96. The van der Waals surface area contributed by atoms with Crippen molar-refractivity contribution in [2.24, 2.45) is 0 Å². The molecule has 22 heavy (non-hydrogen) atoms. The summed E-state index contributed by atoms with van der Waals surface area (Å²) in [7, 11) is 0. The van der Waals surface area contributed by atoms with Crippen LogP contribution in [0.15, 0.2) is 27.0 Å². The Hall–Kier alpha value is -1.12. The van der Waals surface area contributed by atoms with Crippen molar-refractivity contribution in [2.45, 2.75) is 30.4 Å². The van der Waals surface area contributed by atoms with E-state index in [-0.39, 0.29) is 11.2 Å². The zero-order valence-corrected chi connectivity index (χ0v) is 15.7. The molecule has 0 spiro atoms. The summed E-state index contributed by atoms with van der Waals surface area (Å²) in [5.74, 6) is -0.0604. The Morgan fingerprint density at radius 2 is 2.23 bits per heavy atom. The molecule has 2 rings (SSSR count). The zero-order valence-electron chi connectivity index (χ0n) is 12.5. The van der Waals surface area contributed by atoms with Gasteiger partial charge in [0.05, 0.1) is 10.9 Å². The minimum atomic E-state index is -0.254. The summed E-state index contributed by atoms with van der Waals surface area (Å²) >= 11 is 6.32. The van der Waals surface area contributed by atoms with Crippen LogP contribution in [0.2, 0.25) is 0 Å². The maximum atomic E-state index is 12.3. The Kier molecular flexibility index (Phi) is 6.22. The van der Waals surface area contributed by atoms with Crippen LogP contribution in [0, 0.1) is 6.92 Å². The third-order valence-electron chi connectivity index (χ3n) is 2.76. The lowest BCUT2D eigenvalue weighted by Gasteiger charge is -2.12. The molecular formula is C14H17BrN4OS2. The van der Waals surface area contributed by atoms with Gasteiger partial charge in [0.2, 0.25) is 11.0 Å². The third kappa shape index (κ3) is 4.69. The highest BCUT2D eigenvalue weighted by atomic mass is 79.9. The molecule has 5 nitrogen and oxygen atoms in total. The number of carbonyl (C=O) groups is 1. The molecule has 0 saturated heterocycles. The lowest BCUT2D eigenvalue weighted by molar-refractivity contribution is -0.115. The van der Waals surface area contributed by atoms with E-state index >= 15 is 0 Å². The van der Waals surface area contributed by atoms with Crippen molar-refractivity contribution in [1.29, 1.82) is 0 Å². The van der Waals surface area contributed by atoms with E-state index in [1.54, 1.807) is 0 Å². The van der Waals surface area contributed by atoms with Gasteiger partial charge in [-0.25, -0.2) is 0 Å². The summed E-state index contributed by atoms with van der Waals surface area (Å²) in [4.78, 5) is 12.3. The molecule has 1 atom stereocenters. The maximum absolute atomic E-state index is 12.3. The van der Waals surface area contributed by atoms with Gasteiger partial charge in [0.1, 0.15) is 0 Å². The largest absolute Gasteiger partial charge is 0.360 e. The van der Waals surface area contributed by atoms with Gasteiger partial charge in [0.15, 0.2) is 4.34 Å². The molecule has 2 N–H and O–H groups in total. The van der Waals surface area contributed by atoms with Gasteiger partial charge < -0.3 is 10.6 Å². The predicted molar refractivity (Wildman–Crippen MR) is 96.9 cm³/mol. The molecule has 0 radical (unpaired) electrons. The number of hydrogen-bond donors (Lipinski definition) is 2. The molecule has 0 saturated carbocycles. The predicted octanol–water partition coefficient (Wildman–Crippen LogP) is 4.16. The van der Waals surface area contributed by atoms with Gasteiger partial charge in [-0.2, -0.15) is 0 Å². The normalized spacial score (nSPS) is 12.0. The molecule has 0 aliphatic carbocycles. The minimum Gasteiger partial charge on any atom is -0.360 e. The van der Waals surface area contributed by atoms with Crippen LogP contribution in [-0.2, 0) is 4.79 Å². The second-order valence-electron chi connectivity index (χ2n) is 4.64. The van der Waals surface area contributed by atoms with E-state index in [0.29, 0.717) is 0 Å². The number of amides is 1. The highest BCUT2D eigenvalue weighted by Gasteiger charge is 2.18. The van der Waals surface area contributed by atoms with Crippen LogP contribution >= 0.6 is 39.0 Å². The second-order valence-corrected chi connectivity index (χ2v) is 8.06. The van der Waals surface area contributed by atoms with Gasteiger partial charge in [-0.15, -0.1) is 10.2 Å². The quantitative estimate of drug-likeness (QED) is 0.712. The van der Waals surface area contributed by atoms with Crippen LogP contribution in [0.25, 0.3) is 0 Å². The Bertz CT molecular complexity index is 662. The summed E-state index contributed by atoms with van der Waals surface area (Å²) in [5.41, 5.74) is 1.91. The smallest absolute Gasteiger partial charge is 0.237 e. The molecule has 118 valence electrons. The van der Waals surface area contributed by atoms with Crippen molar-refractivity contribution in [2.75, 3.05) is 17.2 Å². The van der Waals surface area contributed by atoms with Gasteiger partial charge in [-0.05, 0) is 54.4 Å². The molecule has 1 aromatic heterocycles. The number of halogens is 1. The molecule has 0 fully saturated rings. The highest BCUT2D eigenvalue weighted by Crippen LogP contribution is 2.30. The monoisotopic (exact) mass is 400 g/mol. The number of nitrogens with zero attached hydrogens (tertiary/aromatic N) is 2. The van der Waals surface area contributed by atoms with Gasteiger partial charge >= 0.3 is 0 Å². The van der Waals surface area contributed by atoms with Crippen molar-refractivity contribution in [3.63, 3.8) is 0 Å². The summed E-state index contributed by atoms with van der Waals surface area (Å²) in [6.45, 7) is 6.67. The molecule has 8 heteroatoms. The summed E-state index contributed by atoms with van der Waals surface area (Å²) < 4.78 is 1.66. The van der Waals surface area contributed by atoms with E-state index in [9.17, 15) is 4.79 Å². The van der Waals surface area contributed by atoms with E-state index in [0.717, 1.165) is 31.7 Å². The standard InChI is InChI=1S/C14H17BrN4OS2/c1-4-16-13-18-19-14(22-13)21-9(3)12(20)17-11-6-5-8(2)7-10(11)15/h5-7,9H,4H2,1-3H3,(H,16,18)(H,17,20)/t9-/m0/s1. The van der Waals surface area contributed by atoms with Crippen molar-refractivity contribution in [3.05, 3.63) is 28.2 Å². The molecule has 1 amide bonds. The van der Waals surface area contributed by atoms with E-state index in [1.807, 2.05) is 39.0 Å². The summed E-state index contributed by atoms with van der Waals surface area (Å²) in [6.07, 6.45) is 0. The number of aromatic nitrogens is 2. The molecule has 0 aliphatic heterocycles. The van der Waals surface area contributed by atoms with Crippen LogP contribution in [0.4, 0.5) is 10.8 Å². The molecule has 0 aliphatic rings. The van der Waals surface area contributed by atoms with Gasteiger partial charge in [0.25, 0.3) is 0 Å². The number of thioether (sulfide) groups is 1. The van der Waals surface area contributed by atoms with Crippen molar-refractivity contribution in [1.82, 2.24) is 10.2 Å². The summed E-state index contributed by atoms with van der Waals surface area (Å²) in [6, 6.07) is 5.83. The molecule has 1 aromatic carbocycles. The molecule has 0 bridgehead atoms. The Morgan fingerprint density at radius 3 is 2.91 bits per heavy atom. The average Bonchev–Trinajstić information content (AvgIpc) is 2.89. The first-order valence-electron chi connectivity index (χ1n) is 6.80. The van der Waals surface area contributed by atoms with E-state index < -0.39 is 0 Å². The van der Waals surface area contributed by atoms with E-state index in [2.05, 4.69) is 36.8 Å². The average molecular weight is 401 g/mol. The number of hydrogen-bond acceptors (Lipinski definition) is 6. The SMILES string of the molecule is CCNc1nnc(S[C@@H](C)C(=O)Nc2ccc(C)cc2Br)s1. The van der Waals surface area contributed by atoms with Crippen LogP contribution in [0.3, 0.4) is 0 Å². The van der Waals surface area contributed by atoms with Gasteiger partial charge in [-0.1, -0.05) is 29.2 Å². The van der Waals surface area contributed by atoms with Crippen LogP contribution < -0.4 is 10.6 Å². The van der Waals surface area contributed by atoms with Crippen LogP contribution in [0.5, 0.6) is 0 Å². The molecule has 1 heterocycles. The highest BCUT2D eigenvalue weighted by molar-refractivity contribution is 9.10. The minimum absolute atomic E-state index is 0.0604. The number of benzene rings is 1.